The van der Waals surface area contributed by atoms with Crippen molar-refractivity contribution in [2.75, 3.05) is 19.8 Å². The van der Waals surface area contributed by atoms with Crippen LogP contribution in [0.25, 0.3) is 0 Å². The van der Waals surface area contributed by atoms with Gasteiger partial charge in [0, 0.05) is 24.7 Å². The van der Waals surface area contributed by atoms with Crippen LogP contribution in [0.5, 0.6) is 0 Å². The molecule has 0 aromatic heterocycles. The summed E-state index contributed by atoms with van der Waals surface area (Å²) in [6.45, 7) is 5.20. The first kappa shape index (κ1) is 14.8. The van der Waals surface area contributed by atoms with Crippen LogP contribution in [0.4, 0.5) is 0 Å². The maximum absolute atomic E-state index is 5.67. The van der Waals surface area contributed by atoms with E-state index < -0.39 is 0 Å². The highest BCUT2D eigenvalue weighted by molar-refractivity contribution is 4.94. The van der Waals surface area contributed by atoms with E-state index in [9.17, 15) is 0 Å². The summed E-state index contributed by atoms with van der Waals surface area (Å²) in [5.74, 6) is 1.79. The van der Waals surface area contributed by atoms with Crippen LogP contribution < -0.4 is 10.6 Å². The summed E-state index contributed by atoms with van der Waals surface area (Å²) in [7, 11) is 0. The molecule has 3 nitrogen and oxygen atoms in total. The zero-order chi connectivity index (χ0) is 13.8. The Balaban J connectivity index is 1.48. The van der Waals surface area contributed by atoms with Gasteiger partial charge in [0.05, 0.1) is 13.2 Å². The Bertz CT molecular complexity index is 283. The molecule has 1 aliphatic heterocycles. The van der Waals surface area contributed by atoms with Crippen molar-refractivity contribution in [3.8, 4) is 0 Å². The summed E-state index contributed by atoms with van der Waals surface area (Å²) >= 11 is 0. The van der Waals surface area contributed by atoms with Crippen LogP contribution >= 0.6 is 0 Å². The molecule has 0 aromatic rings. The van der Waals surface area contributed by atoms with Gasteiger partial charge in [0.2, 0.25) is 0 Å². The van der Waals surface area contributed by atoms with Crippen molar-refractivity contribution in [2.45, 2.75) is 76.4 Å². The molecule has 0 aromatic carbocycles. The fraction of sp³-hybridized carbons (Fsp3) is 1.00. The molecule has 2 saturated carbocycles. The molecular weight excluding hydrogens is 248 g/mol. The number of hydrogen-bond donors (Lipinski definition) is 2. The van der Waals surface area contributed by atoms with Crippen LogP contribution in [0.2, 0.25) is 0 Å². The second-order valence-electron chi connectivity index (χ2n) is 7.13. The maximum Gasteiger partial charge on any atom is 0.0623 e. The van der Waals surface area contributed by atoms with Crippen molar-refractivity contribution >= 4 is 0 Å². The third-order valence-corrected chi connectivity index (χ3v) is 5.91. The van der Waals surface area contributed by atoms with Crippen molar-refractivity contribution < 1.29 is 4.74 Å². The second kappa shape index (κ2) is 7.24. The molecular formula is C17H32N2O. The summed E-state index contributed by atoms with van der Waals surface area (Å²) in [5, 5.41) is 7.69. The SMILES string of the molecule is CCC1CCC(NC2CCCC2C2COCCN2)CC1. The van der Waals surface area contributed by atoms with E-state index in [0.29, 0.717) is 6.04 Å². The standard InChI is InChI=1S/C17H32N2O/c1-2-13-6-8-14(9-7-13)19-16-5-3-4-15(16)17-12-20-11-10-18-17/h13-19H,2-12H2,1H3. The molecule has 3 heteroatoms. The lowest BCUT2D eigenvalue weighted by atomic mass is 9.83. The molecule has 116 valence electrons. The van der Waals surface area contributed by atoms with Crippen LogP contribution in [0, 0.1) is 11.8 Å². The molecule has 0 bridgehead atoms. The fourth-order valence-corrected chi connectivity index (χ4v) is 4.58. The number of hydrogen-bond acceptors (Lipinski definition) is 3. The Labute approximate surface area is 124 Å². The first-order valence-electron chi connectivity index (χ1n) is 8.94. The Morgan fingerprint density at radius 1 is 1.10 bits per heavy atom. The van der Waals surface area contributed by atoms with Crippen LogP contribution in [0.15, 0.2) is 0 Å². The molecule has 0 amide bonds. The second-order valence-corrected chi connectivity index (χ2v) is 7.13. The van der Waals surface area contributed by atoms with Gasteiger partial charge < -0.3 is 15.4 Å². The zero-order valence-electron chi connectivity index (χ0n) is 13.1. The van der Waals surface area contributed by atoms with E-state index in [2.05, 4.69) is 17.6 Å². The lowest BCUT2D eigenvalue weighted by Crippen LogP contribution is -2.52. The number of morpholine rings is 1. The van der Waals surface area contributed by atoms with Gasteiger partial charge in [-0.3, -0.25) is 0 Å². The molecule has 3 aliphatic rings. The Morgan fingerprint density at radius 3 is 2.65 bits per heavy atom. The quantitative estimate of drug-likeness (QED) is 0.831. The van der Waals surface area contributed by atoms with Crippen molar-refractivity contribution in [3.63, 3.8) is 0 Å². The molecule has 2 N–H and O–H groups in total. The lowest BCUT2D eigenvalue weighted by Gasteiger charge is -2.36. The fourth-order valence-electron chi connectivity index (χ4n) is 4.58. The summed E-state index contributed by atoms with van der Waals surface area (Å²) in [4.78, 5) is 0. The first-order valence-corrected chi connectivity index (χ1v) is 8.94. The smallest absolute Gasteiger partial charge is 0.0623 e. The van der Waals surface area contributed by atoms with E-state index in [-0.39, 0.29) is 0 Å². The molecule has 3 rings (SSSR count). The third-order valence-electron chi connectivity index (χ3n) is 5.91. The van der Waals surface area contributed by atoms with E-state index >= 15 is 0 Å². The van der Waals surface area contributed by atoms with Gasteiger partial charge >= 0.3 is 0 Å². The van der Waals surface area contributed by atoms with Crippen LogP contribution in [-0.2, 0) is 4.74 Å². The van der Waals surface area contributed by atoms with Crippen LogP contribution in [0.1, 0.15) is 58.3 Å². The minimum absolute atomic E-state index is 0.593. The summed E-state index contributed by atoms with van der Waals surface area (Å²) in [6.07, 6.45) is 11.2. The van der Waals surface area contributed by atoms with E-state index in [1.165, 1.54) is 51.4 Å². The van der Waals surface area contributed by atoms with Crippen molar-refractivity contribution in [1.29, 1.82) is 0 Å². The van der Waals surface area contributed by atoms with E-state index in [0.717, 1.165) is 43.7 Å². The van der Waals surface area contributed by atoms with Gasteiger partial charge in [-0.15, -0.1) is 0 Å². The minimum Gasteiger partial charge on any atom is -0.379 e. The van der Waals surface area contributed by atoms with Gasteiger partial charge in [-0.25, -0.2) is 0 Å². The molecule has 3 unspecified atom stereocenters. The highest BCUT2D eigenvalue weighted by atomic mass is 16.5. The van der Waals surface area contributed by atoms with Gasteiger partial charge in [-0.1, -0.05) is 19.8 Å². The summed E-state index contributed by atoms with van der Waals surface area (Å²) in [6, 6.07) is 2.11. The molecule has 0 radical (unpaired) electrons. The number of nitrogens with one attached hydrogen (secondary N) is 2. The molecule has 3 fully saturated rings. The van der Waals surface area contributed by atoms with Gasteiger partial charge in [0.15, 0.2) is 0 Å². The van der Waals surface area contributed by atoms with E-state index in [4.69, 9.17) is 4.74 Å². The average Bonchev–Trinajstić information content (AvgIpc) is 2.97. The van der Waals surface area contributed by atoms with Gasteiger partial charge in [-0.05, 0) is 50.4 Å². The van der Waals surface area contributed by atoms with Crippen LogP contribution in [0.3, 0.4) is 0 Å². The minimum atomic E-state index is 0.593. The summed E-state index contributed by atoms with van der Waals surface area (Å²) < 4.78 is 5.67. The molecule has 0 spiro atoms. The molecule has 2 aliphatic carbocycles. The van der Waals surface area contributed by atoms with Crippen molar-refractivity contribution in [1.82, 2.24) is 10.6 Å². The van der Waals surface area contributed by atoms with Crippen molar-refractivity contribution in [2.24, 2.45) is 11.8 Å². The molecule has 3 atom stereocenters. The van der Waals surface area contributed by atoms with Gasteiger partial charge in [0.25, 0.3) is 0 Å². The van der Waals surface area contributed by atoms with E-state index in [1.54, 1.807) is 0 Å². The van der Waals surface area contributed by atoms with E-state index in [1.807, 2.05) is 0 Å². The van der Waals surface area contributed by atoms with Gasteiger partial charge in [0.1, 0.15) is 0 Å². The largest absolute Gasteiger partial charge is 0.379 e. The molecule has 1 heterocycles. The topological polar surface area (TPSA) is 33.3 Å². The lowest BCUT2D eigenvalue weighted by molar-refractivity contribution is 0.0510. The Kier molecular flexibility index (Phi) is 5.36. The monoisotopic (exact) mass is 280 g/mol. The highest BCUT2D eigenvalue weighted by Gasteiger charge is 2.36. The highest BCUT2D eigenvalue weighted by Crippen LogP contribution is 2.32. The number of ether oxygens (including phenoxy) is 1. The third kappa shape index (κ3) is 3.55. The summed E-state index contributed by atoms with van der Waals surface area (Å²) in [5.41, 5.74) is 0. The molecule has 20 heavy (non-hydrogen) atoms. The number of rotatable bonds is 4. The first-order chi connectivity index (χ1) is 9.86. The Hall–Kier alpha value is -0.120. The predicted molar refractivity (Wildman–Crippen MR) is 82.9 cm³/mol. The maximum atomic E-state index is 5.67. The Morgan fingerprint density at radius 2 is 1.95 bits per heavy atom. The van der Waals surface area contributed by atoms with Gasteiger partial charge in [-0.2, -0.15) is 0 Å². The molecule has 1 saturated heterocycles. The zero-order valence-corrected chi connectivity index (χ0v) is 13.1. The predicted octanol–water partition coefficient (Wildman–Crippen LogP) is 2.70. The van der Waals surface area contributed by atoms with Crippen LogP contribution in [-0.4, -0.2) is 37.9 Å². The normalized spacial score (nSPS) is 42.8. The van der Waals surface area contributed by atoms with Crippen molar-refractivity contribution in [3.05, 3.63) is 0 Å². The average molecular weight is 280 g/mol.